The third kappa shape index (κ3) is 3.76. The molecule has 0 saturated heterocycles. The van der Waals surface area contributed by atoms with Crippen LogP contribution in [0.5, 0.6) is 0 Å². The molecule has 1 aromatic rings. The van der Waals surface area contributed by atoms with E-state index in [1.54, 1.807) is 10.9 Å². The molecule has 1 aliphatic rings. The second-order valence-electron chi connectivity index (χ2n) is 5.74. The van der Waals surface area contributed by atoms with Crippen LogP contribution in [0.3, 0.4) is 0 Å². The van der Waals surface area contributed by atoms with Crippen molar-refractivity contribution in [1.29, 1.82) is 0 Å². The van der Waals surface area contributed by atoms with E-state index in [9.17, 15) is 4.79 Å². The number of nitrogens with one attached hydrogen (secondary N) is 1. The van der Waals surface area contributed by atoms with Gasteiger partial charge in [-0.1, -0.05) is 19.1 Å². The standard InChI is InChI=1S/C13H23N5O/c1-9-5-10(2)7-11(6-9)15-13(19)12-8-18(4-3-14)17-16-12/h8-11H,3-7,14H2,1-2H3,(H,15,19). The molecule has 1 saturated carbocycles. The average Bonchev–Trinajstić information content (AvgIpc) is 2.76. The van der Waals surface area contributed by atoms with Crippen LogP contribution >= 0.6 is 0 Å². The lowest BCUT2D eigenvalue weighted by molar-refractivity contribution is 0.0906. The van der Waals surface area contributed by atoms with Crippen molar-refractivity contribution in [3.8, 4) is 0 Å². The molecule has 1 amide bonds. The van der Waals surface area contributed by atoms with Crippen molar-refractivity contribution >= 4 is 5.91 Å². The molecule has 1 heterocycles. The maximum Gasteiger partial charge on any atom is 0.273 e. The molecule has 0 spiro atoms. The quantitative estimate of drug-likeness (QED) is 0.843. The molecule has 3 N–H and O–H groups in total. The fourth-order valence-electron chi connectivity index (χ4n) is 2.97. The summed E-state index contributed by atoms with van der Waals surface area (Å²) in [5, 5.41) is 10.8. The lowest BCUT2D eigenvalue weighted by Crippen LogP contribution is -2.40. The Hall–Kier alpha value is -1.43. The van der Waals surface area contributed by atoms with Gasteiger partial charge in [0.15, 0.2) is 5.69 Å². The first kappa shape index (κ1) is 14.0. The minimum Gasteiger partial charge on any atom is -0.348 e. The molecule has 19 heavy (non-hydrogen) atoms. The van der Waals surface area contributed by atoms with Gasteiger partial charge in [0.2, 0.25) is 0 Å². The first-order valence-corrected chi connectivity index (χ1v) is 6.99. The number of nitrogens with zero attached hydrogens (tertiary/aromatic N) is 3. The average molecular weight is 265 g/mol. The molecule has 1 aromatic heterocycles. The molecule has 1 fully saturated rings. The van der Waals surface area contributed by atoms with Crippen molar-refractivity contribution in [1.82, 2.24) is 20.3 Å². The van der Waals surface area contributed by atoms with Gasteiger partial charge in [0.1, 0.15) is 0 Å². The molecule has 1 aliphatic carbocycles. The minimum atomic E-state index is -0.130. The second kappa shape index (κ2) is 6.14. The highest BCUT2D eigenvalue weighted by molar-refractivity contribution is 5.92. The van der Waals surface area contributed by atoms with E-state index in [2.05, 4.69) is 29.5 Å². The fourth-order valence-corrected chi connectivity index (χ4v) is 2.97. The van der Waals surface area contributed by atoms with Crippen LogP contribution in [0.25, 0.3) is 0 Å². The van der Waals surface area contributed by atoms with Gasteiger partial charge < -0.3 is 11.1 Å². The molecule has 6 heteroatoms. The van der Waals surface area contributed by atoms with Crippen LogP contribution in [-0.4, -0.2) is 33.5 Å². The highest BCUT2D eigenvalue weighted by atomic mass is 16.2. The summed E-state index contributed by atoms with van der Waals surface area (Å²) >= 11 is 0. The van der Waals surface area contributed by atoms with Gasteiger partial charge in [-0.05, 0) is 31.1 Å². The molecule has 0 radical (unpaired) electrons. The van der Waals surface area contributed by atoms with Crippen LogP contribution in [0.2, 0.25) is 0 Å². The van der Waals surface area contributed by atoms with E-state index in [1.165, 1.54) is 6.42 Å². The summed E-state index contributed by atoms with van der Waals surface area (Å²) in [6.45, 7) is 5.55. The predicted molar refractivity (Wildman–Crippen MR) is 72.5 cm³/mol. The SMILES string of the molecule is CC1CC(C)CC(NC(=O)c2cn(CCN)nn2)C1. The van der Waals surface area contributed by atoms with Crippen molar-refractivity contribution in [3.63, 3.8) is 0 Å². The maximum absolute atomic E-state index is 12.1. The molecule has 2 rings (SSSR count). The molecule has 0 bridgehead atoms. The van der Waals surface area contributed by atoms with Crippen LogP contribution in [0, 0.1) is 11.8 Å². The lowest BCUT2D eigenvalue weighted by Gasteiger charge is -2.31. The number of amides is 1. The monoisotopic (exact) mass is 265 g/mol. The first-order valence-electron chi connectivity index (χ1n) is 6.99. The van der Waals surface area contributed by atoms with E-state index in [0.717, 1.165) is 12.8 Å². The summed E-state index contributed by atoms with van der Waals surface area (Å²) in [5.41, 5.74) is 5.81. The van der Waals surface area contributed by atoms with Crippen LogP contribution in [0.15, 0.2) is 6.20 Å². The number of hydrogen-bond acceptors (Lipinski definition) is 4. The van der Waals surface area contributed by atoms with E-state index in [1.807, 2.05) is 0 Å². The van der Waals surface area contributed by atoms with Gasteiger partial charge in [-0.15, -0.1) is 5.10 Å². The Morgan fingerprint density at radius 1 is 1.42 bits per heavy atom. The summed E-state index contributed by atoms with van der Waals surface area (Å²) in [6.07, 6.45) is 5.00. The van der Waals surface area contributed by atoms with E-state index in [-0.39, 0.29) is 11.9 Å². The molecule has 6 nitrogen and oxygen atoms in total. The Bertz CT molecular complexity index is 420. The van der Waals surface area contributed by atoms with Gasteiger partial charge in [0, 0.05) is 12.6 Å². The Morgan fingerprint density at radius 2 is 2.11 bits per heavy atom. The first-order chi connectivity index (χ1) is 9.08. The van der Waals surface area contributed by atoms with Gasteiger partial charge in [0.05, 0.1) is 12.7 Å². The highest BCUT2D eigenvalue weighted by Crippen LogP contribution is 2.28. The van der Waals surface area contributed by atoms with Gasteiger partial charge in [-0.2, -0.15) is 0 Å². The van der Waals surface area contributed by atoms with Crippen molar-refractivity contribution in [2.24, 2.45) is 17.6 Å². The summed E-state index contributed by atoms with van der Waals surface area (Å²) in [5.74, 6) is 1.21. The fraction of sp³-hybridized carbons (Fsp3) is 0.769. The third-order valence-corrected chi connectivity index (χ3v) is 3.64. The Morgan fingerprint density at radius 3 is 2.74 bits per heavy atom. The van der Waals surface area contributed by atoms with Crippen molar-refractivity contribution < 1.29 is 4.79 Å². The predicted octanol–water partition coefficient (Wildman–Crippen LogP) is 0.791. The number of rotatable bonds is 4. The minimum absolute atomic E-state index is 0.130. The number of hydrogen-bond donors (Lipinski definition) is 2. The normalized spacial score (nSPS) is 27.2. The summed E-state index contributed by atoms with van der Waals surface area (Å²) in [4.78, 5) is 12.1. The molecular formula is C13H23N5O. The largest absolute Gasteiger partial charge is 0.348 e. The summed E-state index contributed by atoms with van der Waals surface area (Å²) in [6, 6.07) is 0.255. The van der Waals surface area contributed by atoms with Crippen LogP contribution < -0.4 is 11.1 Å². The van der Waals surface area contributed by atoms with Crippen molar-refractivity contribution in [2.45, 2.75) is 45.7 Å². The number of carbonyl (C=O) groups is 1. The van der Waals surface area contributed by atoms with Gasteiger partial charge >= 0.3 is 0 Å². The number of aromatic nitrogens is 3. The van der Waals surface area contributed by atoms with Crippen LogP contribution in [0.1, 0.15) is 43.6 Å². The van der Waals surface area contributed by atoms with E-state index >= 15 is 0 Å². The Kier molecular flexibility index (Phi) is 4.52. The van der Waals surface area contributed by atoms with Crippen molar-refractivity contribution in [2.75, 3.05) is 6.54 Å². The van der Waals surface area contributed by atoms with Gasteiger partial charge in [-0.25, -0.2) is 0 Å². The van der Waals surface area contributed by atoms with Crippen LogP contribution in [0.4, 0.5) is 0 Å². The Balaban J connectivity index is 1.92. The van der Waals surface area contributed by atoms with Crippen LogP contribution in [-0.2, 0) is 6.54 Å². The molecule has 2 unspecified atom stereocenters. The number of carbonyl (C=O) groups excluding carboxylic acids is 1. The molecule has 2 atom stereocenters. The molecule has 0 aromatic carbocycles. The molecular weight excluding hydrogens is 242 g/mol. The molecule has 0 aliphatic heterocycles. The van der Waals surface area contributed by atoms with E-state index in [0.29, 0.717) is 30.6 Å². The zero-order valence-corrected chi connectivity index (χ0v) is 11.7. The highest BCUT2D eigenvalue weighted by Gasteiger charge is 2.25. The maximum atomic E-state index is 12.1. The van der Waals surface area contributed by atoms with E-state index in [4.69, 9.17) is 5.73 Å². The van der Waals surface area contributed by atoms with Gasteiger partial charge in [0.25, 0.3) is 5.91 Å². The zero-order valence-electron chi connectivity index (χ0n) is 11.7. The smallest absolute Gasteiger partial charge is 0.273 e. The second-order valence-corrected chi connectivity index (χ2v) is 5.74. The third-order valence-electron chi connectivity index (χ3n) is 3.64. The lowest BCUT2D eigenvalue weighted by atomic mass is 9.80. The molecule has 106 valence electrons. The summed E-state index contributed by atoms with van der Waals surface area (Å²) in [7, 11) is 0. The summed E-state index contributed by atoms with van der Waals surface area (Å²) < 4.78 is 1.60. The van der Waals surface area contributed by atoms with Gasteiger partial charge in [-0.3, -0.25) is 9.48 Å². The van der Waals surface area contributed by atoms with Crippen molar-refractivity contribution in [3.05, 3.63) is 11.9 Å². The number of nitrogens with two attached hydrogens (primary N) is 1. The topological polar surface area (TPSA) is 85.8 Å². The van der Waals surface area contributed by atoms with E-state index < -0.39 is 0 Å². The zero-order chi connectivity index (χ0) is 13.8. The Labute approximate surface area is 113 Å².